The number of rotatable bonds is 5. The van der Waals surface area contributed by atoms with Crippen molar-refractivity contribution in [3.05, 3.63) is 73.7 Å². The summed E-state index contributed by atoms with van der Waals surface area (Å²) in [6.07, 6.45) is -2.65. The lowest BCUT2D eigenvalue weighted by Gasteiger charge is -2.14. The zero-order valence-corrected chi connectivity index (χ0v) is 18.5. The Labute approximate surface area is 192 Å². The summed E-state index contributed by atoms with van der Waals surface area (Å²) in [6.45, 7) is 1.75. The van der Waals surface area contributed by atoms with Crippen LogP contribution in [0.15, 0.2) is 36.4 Å². The molecule has 3 rings (SSSR count). The van der Waals surface area contributed by atoms with E-state index >= 15 is 0 Å². The first-order valence-corrected chi connectivity index (χ1v) is 10.5. The van der Waals surface area contributed by atoms with Crippen molar-refractivity contribution < 1.29 is 22.8 Å². The molecule has 1 unspecified atom stereocenters. The van der Waals surface area contributed by atoms with Crippen LogP contribution in [0.3, 0.4) is 0 Å². The van der Waals surface area contributed by atoms with Gasteiger partial charge in [0, 0.05) is 12.0 Å². The first-order valence-electron chi connectivity index (χ1n) is 9.41. The van der Waals surface area contributed by atoms with E-state index < -0.39 is 17.5 Å². The highest BCUT2D eigenvalue weighted by molar-refractivity contribution is 6.48. The number of carbonyl (C=O) groups excluding carboxylic acids is 2. The number of fused-ring (bicyclic) bond motifs is 1. The molecular weight excluding hydrogens is 474 g/mol. The van der Waals surface area contributed by atoms with Crippen molar-refractivity contribution in [1.29, 1.82) is 0 Å². The predicted octanol–water partition coefficient (Wildman–Crippen LogP) is 6.99. The monoisotopic (exact) mass is 489 g/mol. The molecule has 0 heterocycles. The summed E-state index contributed by atoms with van der Waals surface area (Å²) in [5, 5.41) is 2.54. The molecule has 1 aliphatic rings. The third-order valence-corrected chi connectivity index (χ3v) is 6.23. The summed E-state index contributed by atoms with van der Waals surface area (Å²) >= 11 is 17.5. The molecule has 0 fully saturated rings. The Morgan fingerprint density at radius 1 is 1.10 bits per heavy atom. The van der Waals surface area contributed by atoms with Gasteiger partial charge in [-0.3, -0.25) is 9.59 Å². The Bertz CT molecular complexity index is 1060. The average Bonchev–Trinajstić information content (AvgIpc) is 3.10. The Morgan fingerprint density at radius 2 is 1.74 bits per heavy atom. The maximum atomic E-state index is 13.7. The van der Waals surface area contributed by atoms with E-state index in [2.05, 4.69) is 5.32 Å². The van der Waals surface area contributed by atoms with Crippen LogP contribution in [-0.4, -0.2) is 17.9 Å². The van der Waals surface area contributed by atoms with E-state index in [9.17, 15) is 22.8 Å². The molecule has 2 aromatic carbocycles. The molecule has 3 nitrogen and oxygen atoms in total. The third kappa shape index (κ3) is 5.25. The van der Waals surface area contributed by atoms with Gasteiger partial charge < -0.3 is 5.32 Å². The standard InChI is InChI=1S/C22H17Cl3F3NO2/c1-2-20(31)29-18-6-4-11-7-12(3-5-14(11)18)19(30)10-15(22(26,27)28)13-8-16(23)21(25)17(24)9-13/h3,5,7-10,18H,2,4,6H2,1H3,(H,29,31)/b15-10+. The average molecular weight is 491 g/mol. The molecular formula is C22H17Cl3F3NO2. The maximum absolute atomic E-state index is 13.7. The van der Waals surface area contributed by atoms with E-state index in [1.165, 1.54) is 6.07 Å². The molecule has 1 aliphatic carbocycles. The number of hydrogen-bond acceptors (Lipinski definition) is 2. The Balaban J connectivity index is 1.95. The molecule has 0 radical (unpaired) electrons. The van der Waals surface area contributed by atoms with Crippen LogP contribution in [0, 0.1) is 0 Å². The van der Waals surface area contributed by atoms with Gasteiger partial charge in [-0.05, 0) is 53.8 Å². The summed E-state index contributed by atoms with van der Waals surface area (Å²) in [5.74, 6) is -0.894. The van der Waals surface area contributed by atoms with Crippen molar-refractivity contribution in [2.24, 2.45) is 0 Å². The molecule has 164 valence electrons. The third-order valence-electron chi connectivity index (χ3n) is 5.04. The van der Waals surface area contributed by atoms with Crippen LogP contribution >= 0.6 is 34.8 Å². The number of allylic oxidation sites excluding steroid dienone is 2. The molecule has 1 N–H and O–H groups in total. The molecule has 0 aliphatic heterocycles. The van der Waals surface area contributed by atoms with E-state index in [4.69, 9.17) is 34.8 Å². The molecule has 0 aromatic heterocycles. The second-order valence-electron chi connectivity index (χ2n) is 7.10. The summed E-state index contributed by atoms with van der Waals surface area (Å²) in [5.41, 5.74) is 0.283. The van der Waals surface area contributed by atoms with E-state index in [0.717, 1.165) is 23.3 Å². The lowest BCUT2D eigenvalue weighted by atomic mass is 9.98. The SMILES string of the molecule is CCC(=O)NC1CCc2cc(C(=O)/C=C(\c3cc(Cl)c(Cl)c(Cl)c3)C(F)(F)F)ccc21. The first kappa shape index (κ1) is 23.6. The van der Waals surface area contributed by atoms with Gasteiger partial charge in [-0.15, -0.1) is 0 Å². The molecule has 1 atom stereocenters. The van der Waals surface area contributed by atoms with Crippen molar-refractivity contribution in [2.45, 2.75) is 38.4 Å². The van der Waals surface area contributed by atoms with Crippen LogP contribution in [0.25, 0.3) is 5.57 Å². The van der Waals surface area contributed by atoms with E-state index in [1.807, 2.05) is 0 Å². The van der Waals surface area contributed by atoms with Crippen molar-refractivity contribution in [2.75, 3.05) is 0 Å². The van der Waals surface area contributed by atoms with Crippen molar-refractivity contribution in [1.82, 2.24) is 5.32 Å². The van der Waals surface area contributed by atoms with Crippen LogP contribution in [0.1, 0.15) is 52.9 Å². The van der Waals surface area contributed by atoms with Gasteiger partial charge in [0.05, 0.1) is 26.7 Å². The van der Waals surface area contributed by atoms with Crippen LogP contribution in [0.2, 0.25) is 15.1 Å². The highest BCUT2D eigenvalue weighted by Crippen LogP contribution is 2.40. The van der Waals surface area contributed by atoms with Crippen LogP contribution in [-0.2, 0) is 11.2 Å². The Hall–Kier alpha value is -2.02. The van der Waals surface area contributed by atoms with Crippen molar-refractivity contribution in [3.8, 4) is 0 Å². The number of nitrogens with one attached hydrogen (secondary N) is 1. The fourth-order valence-corrected chi connectivity index (χ4v) is 4.07. The predicted molar refractivity (Wildman–Crippen MR) is 116 cm³/mol. The lowest BCUT2D eigenvalue weighted by Crippen LogP contribution is -2.26. The summed E-state index contributed by atoms with van der Waals surface area (Å²) in [6, 6.07) is 6.59. The lowest BCUT2D eigenvalue weighted by molar-refractivity contribution is -0.121. The first-order chi connectivity index (χ1) is 14.5. The quantitative estimate of drug-likeness (QED) is 0.279. The van der Waals surface area contributed by atoms with Gasteiger partial charge in [0.1, 0.15) is 0 Å². The molecule has 0 bridgehead atoms. The minimum Gasteiger partial charge on any atom is -0.349 e. The van der Waals surface area contributed by atoms with Crippen LogP contribution < -0.4 is 5.32 Å². The number of carbonyl (C=O) groups is 2. The number of hydrogen-bond donors (Lipinski definition) is 1. The topological polar surface area (TPSA) is 46.2 Å². The van der Waals surface area contributed by atoms with E-state index in [-0.39, 0.29) is 38.1 Å². The van der Waals surface area contributed by atoms with E-state index in [0.29, 0.717) is 25.3 Å². The van der Waals surface area contributed by atoms with Gasteiger partial charge in [0.15, 0.2) is 5.78 Å². The number of benzene rings is 2. The maximum Gasteiger partial charge on any atom is 0.417 e. The van der Waals surface area contributed by atoms with E-state index in [1.54, 1.807) is 19.1 Å². The second kappa shape index (κ2) is 9.23. The van der Waals surface area contributed by atoms with Crippen molar-refractivity contribution in [3.63, 3.8) is 0 Å². The number of ketones is 1. The van der Waals surface area contributed by atoms with Gasteiger partial charge in [0.2, 0.25) is 5.91 Å². The van der Waals surface area contributed by atoms with Gasteiger partial charge in [-0.25, -0.2) is 0 Å². The molecule has 0 saturated heterocycles. The second-order valence-corrected chi connectivity index (χ2v) is 8.29. The zero-order valence-electron chi connectivity index (χ0n) is 16.2. The molecule has 0 saturated carbocycles. The fraction of sp³-hybridized carbons (Fsp3) is 0.273. The van der Waals surface area contributed by atoms with Gasteiger partial charge in [-0.2, -0.15) is 13.2 Å². The van der Waals surface area contributed by atoms with Crippen LogP contribution in [0.4, 0.5) is 13.2 Å². The highest BCUT2D eigenvalue weighted by Gasteiger charge is 2.36. The van der Waals surface area contributed by atoms with Gasteiger partial charge in [-0.1, -0.05) is 53.9 Å². The smallest absolute Gasteiger partial charge is 0.349 e. The number of amides is 1. The number of alkyl halides is 3. The highest BCUT2D eigenvalue weighted by atomic mass is 35.5. The van der Waals surface area contributed by atoms with Gasteiger partial charge in [0.25, 0.3) is 0 Å². The summed E-state index contributed by atoms with van der Waals surface area (Å²) in [7, 11) is 0. The molecule has 1 amide bonds. The minimum atomic E-state index is -4.82. The Kier molecular flexibility index (Phi) is 7.04. The molecule has 31 heavy (non-hydrogen) atoms. The normalized spacial score (nSPS) is 16.2. The van der Waals surface area contributed by atoms with Crippen LogP contribution in [0.5, 0.6) is 0 Å². The fourth-order valence-electron chi connectivity index (χ4n) is 3.47. The molecule has 0 spiro atoms. The molecule has 9 heteroatoms. The number of halogens is 6. The summed E-state index contributed by atoms with van der Waals surface area (Å²) in [4.78, 5) is 24.3. The van der Waals surface area contributed by atoms with Crippen molar-refractivity contribution >= 4 is 52.1 Å². The Morgan fingerprint density at radius 3 is 2.32 bits per heavy atom. The zero-order chi connectivity index (χ0) is 22.9. The summed E-state index contributed by atoms with van der Waals surface area (Å²) < 4.78 is 41.1. The largest absolute Gasteiger partial charge is 0.417 e. The van der Waals surface area contributed by atoms with Gasteiger partial charge >= 0.3 is 6.18 Å². The molecule has 2 aromatic rings. The number of aryl methyl sites for hydroxylation is 1. The minimum absolute atomic E-state index is 0.0664.